The van der Waals surface area contributed by atoms with E-state index in [1.807, 2.05) is 35.6 Å². The molecule has 1 aromatic carbocycles. The van der Waals surface area contributed by atoms with Gasteiger partial charge in [0.25, 0.3) is 0 Å². The van der Waals surface area contributed by atoms with Crippen molar-refractivity contribution in [2.45, 2.75) is 11.8 Å². The molecule has 0 saturated heterocycles. The van der Waals surface area contributed by atoms with Crippen LogP contribution in [0.1, 0.15) is 5.56 Å². The Morgan fingerprint density at radius 1 is 1.10 bits per heavy atom. The number of hydrogen-bond acceptors (Lipinski definition) is 5. The summed E-state index contributed by atoms with van der Waals surface area (Å²) in [4.78, 5) is 32.2. The first-order valence-corrected chi connectivity index (χ1v) is 8.04. The molecule has 3 N–H and O–H groups in total. The van der Waals surface area contributed by atoms with E-state index in [9.17, 15) is 14.4 Å². The Balaban J connectivity index is 2.34. The van der Waals surface area contributed by atoms with Gasteiger partial charge in [-0.2, -0.15) is 0 Å². The number of hydrogen-bond donors (Lipinski definition) is 3. The predicted molar refractivity (Wildman–Crippen MR) is 77.4 cm³/mol. The third-order valence-electron chi connectivity index (χ3n) is 2.18. The third-order valence-corrected chi connectivity index (χ3v) is 4.53. The summed E-state index contributed by atoms with van der Waals surface area (Å²) in [6, 6.07) is 8.42. The van der Waals surface area contributed by atoms with E-state index in [4.69, 9.17) is 10.2 Å². The first-order chi connectivity index (χ1) is 9.50. The van der Waals surface area contributed by atoms with Crippen molar-refractivity contribution in [3.05, 3.63) is 35.9 Å². The topological polar surface area (TPSA) is 104 Å². The van der Waals surface area contributed by atoms with Gasteiger partial charge in [-0.15, -0.1) is 0 Å². The molecule has 0 radical (unpaired) electrons. The number of carbonyl (C=O) groups is 3. The zero-order valence-corrected chi connectivity index (χ0v) is 11.9. The van der Waals surface area contributed by atoms with Crippen molar-refractivity contribution in [3.8, 4) is 0 Å². The first kappa shape index (κ1) is 16.4. The Hall–Kier alpha value is -1.67. The standard InChI is InChI=1S/C12H13NO5S2/c14-10(12(17)18)13-9(11(15)16)7-20-19-6-8-4-2-1-3-5-8/h1-5,9H,6-7H2,(H,13,14)(H,15,16)(H,17,18)/t9-/m0/s1. The van der Waals surface area contributed by atoms with Crippen molar-refractivity contribution < 1.29 is 24.6 Å². The van der Waals surface area contributed by atoms with Gasteiger partial charge in [0.05, 0.1) is 0 Å². The zero-order chi connectivity index (χ0) is 15.0. The molecule has 1 atom stereocenters. The number of carbonyl (C=O) groups excluding carboxylic acids is 1. The molecule has 0 heterocycles. The van der Waals surface area contributed by atoms with Crippen molar-refractivity contribution in [1.82, 2.24) is 5.32 Å². The van der Waals surface area contributed by atoms with Crippen molar-refractivity contribution >= 4 is 39.4 Å². The van der Waals surface area contributed by atoms with Gasteiger partial charge in [0, 0.05) is 11.5 Å². The summed E-state index contributed by atoms with van der Waals surface area (Å²) < 4.78 is 0. The third kappa shape index (κ3) is 5.98. The fourth-order valence-electron chi connectivity index (χ4n) is 1.19. The Kier molecular flexibility index (Phi) is 6.96. The molecule has 0 saturated carbocycles. The van der Waals surface area contributed by atoms with Crippen LogP contribution in [0, 0.1) is 0 Å². The summed E-state index contributed by atoms with van der Waals surface area (Å²) in [5.74, 6) is -3.48. The van der Waals surface area contributed by atoms with E-state index in [2.05, 4.69) is 0 Å². The molecular weight excluding hydrogens is 302 g/mol. The van der Waals surface area contributed by atoms with Gasteiger partial charge in [-0.25, -0.2) is 9.59 Å². The molecule has 1 aromatic rings. The van der Waals surface area contributed by atoms with Gasteiger partial charge >= 0.3 is 17.8 Å². The highest BCUT2D eigenvalue weighted by molar-refractivity contribution is 8.76. The van der Waals surface area contributed by atoms with Crippen molar-refractivity contribution in [3.63, 3.8) is 0 Å². The molecule has 0 fully saturated rings. The monoisotopic (exact) mass is 315 g/mol. The molecule has 0 aliphatic heterocycles. The first-order valence-electron chi connectivity index (χ1n) is 5.55. The second kappa shape index (κ2) is 8.49. The fourth-order valence-corrected chi connectivity index (χ4v) is 3.42. The van der Waals surface area contributed by atoms with Crippen LogP contribution in [-0.4, -0.2) is 39.9 Å². The Morgan fingerprint density at radius 3 is 2.30 bits per heavy atom. The van der Waals surface area contributed by atoms with Gasteiger partial charge in [0.15, 0.2) is 0 Å². The van der Waals surface area contributed by atoms with Crippen LogP contribution in [-0.2, 0) is 20.1 Å². The summed E-state index contributed by atoms with van der Waals surface area (Å²) >= 11 is 0. The molecule has 0 spiro atoms. The van der Waals surface area contributed by atoms with E-state index >= 15 is 0 Å². The highest BCUT2D eigenvalue weighted by Crippen LogP contribution is 2.26. The minimum Gasteiger partial charge on any atom is -0.480 e. The van der Waals surface area contributed by atoms with Crippen LogP contribution >= 0.6 is 21.6 Å². The summed E-state index contributed by atoms with van der Waals surface area (Å²) in [5, 5.41) is 19.2. The van der Waals surface area contributed by atoms with Gasteiger partial charge in [-0.05, 0) is 5.56 Å². The van der Waals surface area contributed by atoms with Gasteiger partial charge in [-0.3, -0.25) is 4.79 Å². The maximum absolute atomic E-state index is 10.9. The number of benzene rings is 1. The van der Waals surface area contributed by atoms with Gasteiger partial charge < -0.3 is 15.5 Å². The van der Waals surface area contributed by atoms with Crippen molar-refractivity contribution in [2.75, 3.05) is 5.75 Å². The van der Waals surface area contributed by atoms with E-state index < -0.39 is 23.9 Å². The lowest BCUT2D eigenvalue weighted by Gasteiger charge is -2.12. The van der Waals surface area contributed by atoms with Gasteiger partial charge in [0.2, 0.25) is 0 Å². The molecule has 0 aliphatic rings. The Morgan fingerprint density at radius 2 is 1.75 bits per heavy atom. The van der Waals surface area contributed by atoms with E-state index in [0.29, 0.717) is 5.75 Å². The molecule has 0 aliphatic carbocycles. The molecular formula is C12H13NO5S2. The van der Waals surface area contributed by atoms with E-state index in [1.54, 1.807) is 0 Å². The molecule has 108 valence electrons. The largest absolute Gasteiger partial charge is 0.480 e. The molecule has 20 heavy (non-hydrogen) atoms. The van der Waals surface area contributed by atoms with Crippen molar-refractivity contribution in [2.24, 2.45) is 0 Å². The summed E-state index contributed by atoms with van der Waals surface area (Å²) in [6.45, 7) is 0. The second-order valence-electron chi connectivity index (χ2n) is 3.70. The molecule has 1 amide bonds. The van der Waals surface area contributed by atoms with Crippen LogP contribution < -0.4 is 5.32 Å². The quantitative estimate of drug-likeness (QED) is 0.395. The highest BCUT2D eigenvalue weighted by Gasteiger charge is 2.23. The average Bonchev–Trinajstić information content (AvgIpc) is 2.42. The minimum absolute atomic E-state index is 0.0891. The number of carboxylic acid groups (broad SMARTS) is 2. The molecule has 0 unspecified atom stereocenters. The molecule has 0 aromatic heterocycles. The lowest BCUT2D eigenvalue weighted by atomic mass is 10.2. The molecule has 1 rings (SSSR count). The molecule has 0 bridgehead atoms. The average molecular weight is 315 g/mol. The number of aliphatic carboxylic acids is 2. The van der Waals surface area contributed by atoms with Crippen LogP contribution in [0.3, 0.4) is 0 Å². The SMILES string of the molecule is O=C(O)C(=O)N[C@@H](CSSCc1ccccc1)C(=O)O. The van der Waals surface area contributed by atoms with E-state index in [-0.39, 0.29) is 5.75 Å². The predicted octanol–water partition coefficient (Wildman–Crippen LogP) is 1.22. The fraction of sp³-hybridized carbons (Fsp3) is 0.250. The minimum atomic E-state index is -1.70. The van der Waals surface area contributed by atoms with Gasteiger partial charge in [0.1, 0.15) is 6.04 Å². The Bertz CT molecular complexity index is 480. The van der Waals surface area contributed by atoms with Crippen LogP contribution in [0.5, 0.6) is 0 Å². The number of rotatable bonds is 7. The van der Waals surface area contributed by atoms with E-state index in [1.165, 1.54) is 21.6 Å². The van der Waals surface area contributed by atoms with E-state index in [0.717, 1.165) is 5.56 Å². The number of carboxylic acids is 2. The summed E-state index contributed by atoms with van der Waals surface area (Å²) in [5.41, 5.74) is 1.10. The summed E-state index contributed by atoms with van der Waals surface area (Å²) in [6.07, 6.45) is 0. The zero-order valence-electron chi connectivity index (χ0n) is 10.3. The number of amides is 1. The lowest BCUT2D eigenvalue weighted by molar-refractivity contribution is -0.151. The molecule has 8 heteroatoms. The normalized spacial score (nSPS) is 11.6. The maximum atomic E-state index is 10.9. The van der Waals surface area contributed by atoms with Crippen LogP contribution in [0.4, 0.5) is 0 Å². The van der Waals surface area contributed by atoms with Crippen LogP contribution in [0.2, 0.25) is 0 Å². The van der Waals surface area contributed by atoms with Crippen molar-refractivity contribution in [1.29, 1.82) is 0 Å². The smallest absolute Gasteiger partial charge is 0.394 e. The lowest BCUT2D eigenvalue weighted by Crippen LogP contribution is -2.45. The Labute approximate surface area is 123 Å². The van der Waals surface area contributed by atoms with Crippen LogP contribution in [0.25, 0.3) is 0 Å². The van der Waals surface area contributed by atoms with Gasteiger partial charge in [-0.1, -0.05) is 51.9 Å². The highest BCUT2D eigenvalue weighted by atomic mass is 33.1. The number of nitrogens with one attached hydrogen (secondary N) is 1. The summed E-state index contributed by atoms with van der Waals surface area (Å²) in [7, 11) is 2.71. The maximum Gasteiger partial charge on any atom is 0.394 e. The molecule has 6 nitrogen and oxygen atoms in total. The second-order valence-corrected chi connectivity index (χ2v) is 6.21. The van der Waals surface area contributed by atoms with Crippen LogP contribution in [0.15, 0.2) is 30.3 Å².